The van der Waals surface area contributed by atoms with Crippen LogP contribution in [0.3, 0.4) is 0 Å². The largest absolute Gasteiger partial charge is 0.356 e. The molecule has 0 saturated heterocycles. The van der Waals surface area contributed by atoms with Crippen molar-refractivity contribution < 1.29 is 19.2 Å². The van der Waals surface area contributed by atoms with E-state index in [-0.39, 0.29) is 30.0 Å². The molecule has 0 saturated carbocycles. The van der Waals surface area contributed by atoms with Gasteiger partial charge in [0.05, 0.1) is 16.8 Å². The molecule has 0 fully saturated rings. The van der Waals surface area contributed by atoms with Crippen molar-refractivity contribution in [1.29, 1.82) is 0 Å². The molecule has 2 aromatic rings. The summed E-state index contributed by atoms with van der Waals surface area (Å²) in [6.45, 7) is 5.90. The molecule has 0 aromatic heterocycles. The molecule has 156 valence electrons. The van der Waals surface area contributed by atoms with Gasteiger partial charge in [0.1, 0.15) is 0 Å². The Balaban J connectivity index is 1.59. The minimum Gasteiger partial charge on any atom is -0.356 e. The summed E-state index contributed by atoms with van der Waals surface area (Å²) >= 11 is 0. The van der Waals surface area contributed by atoms with Crippen LogP contribution >= 0.6 is 0 Å². The van der Waals surface area contributed by atoms with Crippen LogP contribution in [0.2, 0.25) is 0 Å². The molecular weight excluding hydrogens is 382 g/mol. The van der Waals surface area contributed by atoms with Crippen LogP contribution in [0.4, 0.5) is 11.4 Å². The third-order valence-corrected chi connectivity index (χ3v) is 4.73. The second-order valence-corrected chi connectivity index (χ2v) is 8.20. The van der Waals surface area contributed by atoms with Crippen molar-refractivity contribution >= 4 is 35.0 Å². The molecule has 0 radical (unpaired) electrons. The van der Waals surface area contributed by atoms with Gasteiger partial charge in [-0.15, -0.1) is 0 Å². The number of benzene rings is 2. The van der Waals surface area contributed by atoms with Gasteiger partial charge >= 0.3 is 0 Å². The zero-order valence-electron chi connectivity index (χ0n) is 17.3. The van der Waals surface area contributed by atoms with Crippen molar-refractivity contribution in [2.24, 2.45) is 5.41 Å². The van der Waals surface area contributed by atoms with Gasteiger partial charge in [-0.2, -0.15) is 0 Å². The van der Waals surface area contributed by atoms with Crippen LogP contribution in [-0.4, -0.2) is 30.2 Å². The highest BCUT2D eigenvalue weighted by Gasteiger charge is 2.36. The van der Waals surface area contributed by atoms with Gasteiger partial charge in [-0.3, -0.25) is 19.2 Å². The zero-order chi connectivity index (χ0) is 21.9. The summed E-state index contributed by atoms with van der Waals surface area (Å²) in [6.07, 6.45) is 0.743. The average Bonchev–Trinajstić information content (AvgIpc) is 2.95. The maximum Gasteiger partial charge on any atom is 0.266 e. The standard InChI is InChI=1S/C23H25N3O4/c1-23(2,3)22(30)24-13-7-12-19(27)25-15-8-6-9-16(14-15)26-20(28)17-10-4-5-11-18(17)21(26)29/h4-6,8-11,14H,7,12-13H2,1-3H3,(H,24,30)(H,25,27). The molecule has 0 bridgehead atoms. The van der Waals surface area contributed by atoms with E-state index < -0.39 is 5.41 Å². The molecular formula is C23H25N3O4. The predicted octanol–water partition coefficient (Wildman–Crippen LogP) is 3.37. The molecule has 1 heterocycles. The van der Waals surface area contributed by atoms with Gasteiger partial charge in [0, 0.05) is 24.1 Å². The highest BCUT2D eigenvalue weighted by Crippen LogP contribution is 2.29. The first-order valence-corrected chi connectivity index (χ1v) is 9.84. The van der Waals surface area contributed by atoms with Crippen LogP contribution in [0.5, 0.6) is 0 Å². The first-order chi connectivity index (χ1) is 14.2. The normalized spacial score (nSPS) is 13.2. The smallest absolute Gasteiger partial charge is 0.266 e. The zero-order valence-corrected chi connectivity index (χ0v) is 17.3. The van der Waals surface area contributed by atoms with Crippen LogP contribution in [0.25, 0.3) is 0 Å². The van der Waals surface area contributed by atoms with Crippen LogP contribution in [-0.2, 0) is 9.59 Å². The number of nitrogens with one attached hydrogen (secondary N) is 2. The first-order valence-electron chi connectivity index (χ1n) is 9.84. The van der Waals surface area contributed by atoms with E-state index >= 15 is 0 Å². The van der Waals surface area contributed by atoms with E-state index in [1.807, 2.05) is 20.8 Å². The fourth-order valence-electron chi connectivity index (χ4n) is 3.09. The van der Waals surface area contributed by atoms with Crippen LogP contribution in [0, 0.1) is 5.41 Å². The molecule has 30 heavy (non-hydrogen) atoms. The number of fused-ring (bicyclic) bond motifs is 1. The third kappa shape index (κ3) is 4.56. The van der Waals surface area contributed by atoms with E-state index in [1.54, 1.807) is 48.5 Å². The number of imide groups is 1. The van der Waals surface area contributed by atoms with Gasteiger partial charge in [0.15, 0.2) is 0 Å². The Morgan fingerprint density at radius 1 is 0.933 bits per heavy atom. The van der Waals surface area contributed by atoms with Crippen molar-refractivity contribution in [3.8, 4) is 0 Å². The van der Waals surface area contributed by atoms with Crippen molar-refractivity contribution in [3.05, 3.63) is 59.7 Å². The van der Waals surface area contributed by atoms with Gasteiger partial charge < -0.3 is 10.6 Å². The minimum atomic E-state index is -0.465. The first kappa shape index (κ1) is 21.2. The van der Waals surface area contributed by atoms with E-state index in [2.05, 4.69) is 10.6 Å². The minimum absolute atomic E-state index is 0.0587. The molecule has 2 N–H and O–H groups in total. The van der Waals surface area contributed by atoms with Gasteiger partial charge in [-0.05, 0) is 36.8 Å². The molecule has 1 aliphatic rings. The lowest BCUT2D eigenvalue weighted by Crippen LogP contribution is -2.35. The van der Waals surface area contributed by atoms with E-state index in [0.717, 1.165) is 4.90 Å². The molecule has 0 spiro atoms. The number of rotatable bonds is 6. The molecule has 1 aliphatic heterocycles. The summed E-state index contributed by atoms with van der Waals surface area (Å²) in [5.41, 5.74) is 1.17. The lowest BCUT2D eigenvalue weighted by molar-refractivity contribution is -0.128. The maximum atomic E-state index is 12.6. The Bertz CT molecular complexity index is 973. The Labute approximate surface area is 175 Å². The molecule has 2 aromatic carbocycles. The summed E-state index contributed by atoms with van der Waals surface area (Å²) < 4.78 is 0. The summed E-state index contributed by atoms with van der Waals surface area (Å²) in [6, 6.07) is 13.3. The number of hydrogen-bond donors (Lipinski definition) is 2. The lowest BCUT2D eigenvalue weighted by Gasteiger charge is -2.17. The average molecular weight is 407 g/mol. The lowest BCUT2D eigenvalue weighted by atomic mass is 9.96. The molecule has 3 rings (SSSR count). The molecule has 0 atom stereocenters. The Kier molecular flexibility index (Phi) is 6.01. The van der Waals surface area contributed by atoms with Crippen molar-refractivity contribution in [1.82, 2.24) is 5.32 Å². The number of anilines is 2. The summed E-state index contributed by atoms with van der Waals surface area (Å²) in [4.78, 5) is 50.4. The quantitative estimate of drug-likeness (QED) is 0.567. The van der Waals surface area contributed by atoms with Crippen molar-refractivity contribution in [2.75, 3.05) is 16.8 Å². The SMILES string of the molecule is CC(C)(C)C(=O)NCCCC(=O)Nc1cccc(N2C(=O)c3ccccc3C2=O)c1. The van der Waals surface area contributed by atoms with Crippen molar-refractivity contribution in [3.63, 3.8) is 0 Å². The number of nitrogens with zero attached hydrogens (tertiary/aromatic N) is 1. The van der Waals surface area contributed by atoms with E-state index in [1.165, 1.54) is 0 Å². The van der Waals surface area contributed by atoms with Crippen LogP contribution in [0.1, 0.15) is 54.3 Å². The summed E-state index contributed by atoms with van der Waals surface area (Å²) in [5, 5.41) is 5.58. The van der Waals surface area contributed by atoms with Gasteiger partial charge in [-0.25, -0.2) is 4.90 Å². The summed E-state index contributed by atoms with van der Waals surface area (Å²) in [5.74, 6) is -1.03. The second kappa shape index (κ2) is 8.49. The fourth-order valence-corrected chi connectivity index (χ4v) is 3.09. The number of hydrogen-bond acceptors (Lipinski definition) is 4. The molecule has 0 aliphatic carbocycles. The van der Waals surface area contributed by atoms with E-state index in [9.17, 15) is 19.2 Å². The number of carbonyl (C=O) groups excluding carboxylic acids is 4. The van der Waals surface area contributed by atoms with Crippen LogP contribution in [0.15, 0.2) is 48.5 Å². The van der Waals surface area contributed by atoms with E-state index in [4.69, 9.17) is 0 Å². The molecule has 0 unspecified atom stereocenters. The second-order valence-electron chi connectivity index (χ2n) is 8.20. The molecule has 7 heteroatoms. The Morgan fingerprint density at radius 2 is 1.57 bits per heavy atom. The third-order valence-electron chi connectivity index (χ3n) is 4.73. The fraction of sp³-hybridized carbons (Fsp3) is 0.304. The molecule has 4 amide bonds. The maximum absolute atomic E-state index is 12.6. The topological polar surface area (TPSA) is 95.6 Å². The highest BCUT2D eigenvalue weighted by molar-refractivity contribution is 6.34. The monoisotopic (exact) mass is 407 g/mol. The predicted molar refractivity (Wildman–Crippen MR) is 114 cm³/mol. The Hall–Kier alpha value is -3.48. The van der Waals surface area contributed by atoms with Gasteiger partial charge in [-0.1, -0.05) is 39.0 Å². The van der Waals surface area contributed by atoms with Gasteiger partial charge in [0.2, 0.25) is 11.8 Å². The van der Waals surface area contributed by atoms with Crippen LogP contribution < -0.4 is 15.5 Å². The Morgan fingerprint density at radius 3 is 2.17 bits per heavy atom. The summed E-state index contributed by atoms with van der Waals surface area (Å²) in [7, 11) is 0. The van der Waals surface area contributed by atoms with E-state index in [0.29, 0.717) is 35.5 Å². The molecule has 7 nitrogen and oxygen atoms in total. The number of amides is 4. The highest BCUT2D eigenvalue weighted by atomic mass is 16.2. The van der Waals surface area contributed by atoms with Gasteiger partial charge in [0.25, 0.3) is 11.8 Å². The van der Waals surface area contributed by atoms with Crippen molar-refractivity contribution in [2.45, 2.75) is 33.6 Å². The number of carbonyl (C=O) groups is 4.